The highest BCUT2D eigenvalue weighted by Gasteiger charge is 2.48. The van der Waals surface area contributed by atoms with Gasteiger partial charge in [-0.25, -0.2) is 0 Å². The van der Waals surface area contributed by atoms with E-state index in [1.807, 2.05) is 0 Å². The maximum atomic E-state index is 2.86. The number of fused-ring (bicyclic) bond motifs is 4. The Hall–Kier alpha value is -0.860. The summed E-state index contributed by atoms with van der Waals surface area (Å²) < 4.78 is 1.52. The molecule has 1 aliphatic carbocycles. The molecule has 110 valence electrons. The molecule has 1 aromatic carbocycles. The molecule has 2 heteroatoms. The highest BCUT2D eigenvalue weighted by molar-refractivity contribution is 7.19. The first-order chi connectivity index (χ1) is 10.3. The van der Waals surface area contributed by atoms with Crippen LogP contribution in [0.3, 0.4) is 0 Å². The zero-order chi connectivity index (χ0) is 14.0. The summed E-state index contributed by atoms with van der Waals surface area (Å²) in [6, 6.07) is 9.93. The van der Waals surface area contributed by atoms with E-state index in [1.54, 1.807) is 15.8 Å². The lowest BCUT2D eigenvalue weighted by molar-refractivity contribution is -0.0118. The van der Waals surface area contributed by atoms with Gasteiger partial charge in [0.15, 0.2) is 0 Å². The van der Waals surface area contributed by atoms with E-state index in [0.717, 1.165) is 23.8 Å². The molecule has 4 unspecified atom stereocenters. The lowest BCUT2D eigenvalue weighted by Gasteiger charge is -2.53. The smallest absolute Gasteiger partial charge is 0.0348 e. The molecule has 0 amide bonds. The van der Waals surface area contributed by atoms with Gasteiger partial charge in [0.05, 0.1) is 0 Å². The highest BCUT2D eigenvalue weighted by Crippen LogP contribution is 2.53. The van der Waals surface area contributed by atoms with Gasteiger partial charge in [-0.2, -0.15) is 0 Å². The van der Waals surface area contributed by atoms with Crippen molar-refractivity contribution >= 4 is 21.4 Å². The first-order valence-corrected chi connectivity index (χ1v) is 9.41. The zero-order valence-electron chi connectivity index (χ0n) is 12.7. The van der Waals surface area contributed by atoms with Crippen molar-refractivity contribution in [1.29, 1.82) is 0 Å². The summed E-state index contributed by atoms with van der Waals surface area (Å²) in [6.45, 7) is 5.08. The molecule has 0 radical (unpaired) electrons. The number of thiophene rings is 1. The average Bonchev–Trinajstić information content (AvgIpc) is 2.86. The molecule has 2 aromatic rings. The second-order valence-corrected chi connectivity index (χ2v) is 8.37. The van der Waals surface area contributed by atoms with Crippen LogP contribution in [0.4, 0.5) is 0 Å². The number of rotatable bonds is 1. The third-order valence-corrected chi connectivity index (χ3v) is 7.62. The summed E-state index contributed by atoms with van der Waals surface area (Å²) in [6.07, 6.45) is 5.59. The fourth-order valence-corrected chi connectivity index (χ4v) is 6.89. The van der Waals surface area contributed by atoms with Gasteiger partial charge in [-0.05, 0) is 48.1 Å². The zero-order valence-corrected chi connectivity index (χ0v) is 13.5. The van der Waals surface area contributed by atoms with Crippen LogP contribution in [-0.4, -0.2) is 24.0 Å². The van der Waals surface area contributed by atoms with Crippen molar-refractivity contribution in [2.45, 2.75) is 44.6 Å². The Morgan fingerprint density at radius 2 is 2.14 bits per heavy atom. The van der Waals surface area contributed by atoms with E-state index in [9.17, 15) is 0 Å². The van der Waals surface area contributed by atoms with Crippen molar-refractivity contribution in [1.82, 2.24) is 4.90 Å². The molecule has 1 nitrogen and oxygen atoms in total. The SMILES string of the molecule is CCC1CC2CC3c4sc5ccccc5c4CCN(C2)[C@@H]13. The summed E-state index contributed by atoms with van der Waals surface area (Å²) in [5.74, 6) is 2.73. The molecule has 4 bridgehead atoms. The molecule has 21 heavy (non-hydrogen) atoms. The van der Waals surface area contributed by atoms with Crippen LogP contribution in [0.5, 0.6) is 0 Å². The number of piperidine rings is 2. The molecule has 3 aliphatic heterocycles. The van der Waals surface area contributed by atoms with E-state index in [1.165, 1.54) is 43.5 Å². The Morgan fingerprint density at radius 3 is 3.05 bits per heavy atom. The van der Waals surface area contributed by atoms with Crippen LogP contribution in [0, 0.1) is 11.8 Å². The van der Waals surface area contributed by atoms with Gasteiger partial charge < -0.3 is 0 Å². The average molecular weight is 297 g/mol. The van der Waals surface area contributed by atoms with Crippen LogP contribution in [0.1, 0.15) is 42.5 Å². The van der Waals surface area contributed by atoms with Crippen LogP contribution < -0.4 is 0 Å². The maximum Gasteiger partial charge on any atom is 0.0348 e. The number of benzene rings is 1. The van der Waals surface area contributed by atoms with Crippen LogP contribution in [0.25, 0.3) is 10.1 Å². The van der Waals surface area contributed by atoms with Gasteiger partial charge in [0, 0.05) is 34.6 Å². The van der Waals surface area contributed by atoms with E-state index >= 15 is 0 Å². The lowest BCUT2D eigenvalue weighted by atomic mass is 9.66. The van der Waals surface area contributed by atoms with Gasteiger partial charge in [-0.1, -0.05) is 31.5 Å². The van der Waals surface area contributed by atoms with E-state index in [2.05, 4.69) is 47.4 Å². The third-order valence-electron chi connectivity index (χ3n) is 6.27. The molecule has 6 rings (SSSR count). The van der Waals surface area contributed by atoms with Crippen LogP contribution in [0.2, 0.25) is 0 Å². The van der Waals surface area contributed by atoms with Crippen LogP contribution in [-0.2, 0) is 6.42 Å². The largest absolute Gasteiger partial charge is 0.299 e. The summed E-state index contributed by atoms with van der Waals surface area (Å²) in [5.41, 5.74) is 1.70. The van der Waals surface area contributed by atoms with Crippen LogP contribution in [0.15, 0.2) is 24.3 Å². The maximum absolute atomic E-state index is 2.86. The fourth-order valence-electron chi connectivity index (χ4n) is 5.49. The van der Waals surface area contributed by atoms with Gasteiger partial charge in [-0.15, -0.1) is 11.3 Å². The van der Waals surface area contributed by atoms with Crippen molar-refractivity contribution in [3.05, 3.63) is 34.7 Å². The molecular weight excluding hydrogens is 274 g/mol. The monoisotopic (exact) mass is 297 g/mol. The predicted octanol–water partition coefficient (Wildman–Crippen LogP) is 4.66. The molecular formula is C19H23NS. The van der Waals surface area contributed by atoms with E-state index in [4.69, 9.17) is 0 Å². The first kappa shape index (κ1) is 12.7. The number of hydrogen-bond acceptors (Lipinski definition) is 2. The molecule has 2 saturated heterocycles. The Bertz CT molecular complexity index is 688. The summed E-state index contributed by atoms with van der Waals surface area (Å²) in [5, 5.41) is 1.55. The van der Waals surface area contributed by atoms with E-state index in [0.29, 0.717) is 0 Å². The topological polar surface area (TPSA) is 3.24 Å². The summed E-state index contributed by atoms with van der Waals surface area (Å²) >= 11 is 2.11. The molecule has 1 aromatic heterocycles. The molecule has 5 atom stereocenters. The van der Waals surface area contributed by atoms with Crippen molar-refractivity contribution in [2.24, 2.45) is 11.8 Å². The first-order valence-electron chi connectivity index (χ1n) is 8.59. The second-order valence-electron chi connectivity index (χ2n) is 7.29. The lowest BCUT2D eigenvalue weighted by Crippen LogP contribution is -2.55. The molecule has 1 saturated carbocycles. The normalized spacial score (nSPS) is 37.5. The Kier molecular flexibility index (Phi) is 2.75. The molecule has 4 aliphatic rings. The van der Waals surface area contributed by atoms with Gasteiger partial charge in [0.2, 0.25) is 0 Å². The Labute approximate surface area is 131 Å². The van der Waals surface area contributed by atoms with Gasteiger partial charge in [0.1, 0.15) is 0 Å². The van der Waals surface area contributed by atoms with Crippen molar-refractivity contribution in [3.8, 4) is 0 Å². The fraction of sp³-hybridized carbons (Fsp3) is 0.579. The third kappa shape index (κ3) is 1.72. The van der Waals surface area contributed by atoms with Crippen LogP contribution >= 0.6 is 11.3 Å². The number of nitrogens with zero attached hydrogens (tertiary/aromatic N) is 1. The molecule has 4 heterocycles. The van der Waals surface area contributed by atoms with Crippen molar-refractivity contribution in [3.63, 3.8) is 0 Å². The summed E-state index contributed by atoms with van der Waals surface area (Å²) in [4.78, 5) is 4.62. The quantitative estimate of drug-likeness (QED) is 0.740. The Morgan fingerprint density at radius 1 is 1.24 bits per heavy atom. The standard InChI is InChI=1S/C19H23NS/c1-2-13-9-12-10-16-18(13)20(11-12)8-7-15-14-5-3-4-6-17(14)21-19(15)16/h3-6,12-13,16,18H,2,7-11H2,1H3/t12?,13?,16?,18-/m0/s1. The molecule has 0 N–H and O–H groups in total. The van der Waals surface area contributed by atoms with Gasteiger partial charge in [0.25, 0.3) is 0 Å². The minimum Gasteiger partial charge on any atom is -0.299 e. The second kappa shape index (κ2) is 4.57. The summed E-state index contributed by atoms with van der Waals surface area (Å²) in [7, 11) is 0. The minimum atomic E-state index is 0.831. The number of hydrogen-bond donors (Lipinski definition) is 0. The van der Waals surface area contributed by atoms with E-state index in [-0.39, 0.29) is 0 Å². The van der Waals surface area contributed by atoms with Crippen molar-refractivity contribution < 1.29 is 0 Å². The molecule has 0 spiro atoms. The van der Waals surface area contributed by atoms with Gasteiger partial charge in [-0.3, -0.25) is 4.90 Å². The van der Waals surface area contributed by atoms with Crippen molar-refractivity contribution in [2.75, 3.05) is 13.1 Å². The predicted molar refractivity (Wildman–Crippen MR) is 90.1 cm³/mol. The molecule has 3 fully saturated rings. The highest BCUT2D eigenvalue weighted by atomic mass is 32.1. The minimum absolute atomic E-state index is 0.831. The van der Waals surface area contributed by atoms with Gasteiger partial charge >= 0.3 is 0 Å². The van der Waals surface area contributed by atoms with E-state index < -0.39 is 0 Å². The Balaban J connectivity index is 1.69.